The molecule has 0 aliphatic carbocycles. The molecule has 0 aliphatic heterocycles. The van der Waals surface area contributed by atoms with Crippen molar-refractivity contribution >= 4 is 29.2 Å². The molecule has 3 N–H and O–H groups in total. The topological polar surface area (TPSA) is 95.5 Å². The normalized spacial score (nSPS) is 11.7. The highest BCUT2D eigenvalue weighted by molar-refractivity contribution is 7.09. The lowest BCUT2D eigenvalue weighted by Gasteiger charge is -2.13. The number of carbonyl (C=O) groups is 3. The van der Waals surface area contributed by atoms with Crippen molar-refractivity contribution in [3.63, 3.8) is 0 Å². The Balaban J connectivity index is 2.17. The van der Waals surface area contributed by atoms with Crippen molar-refractivity contribution < 1.29 is 19.5 Å². The highest BCUT2D eigenvalue weighted by Gasteiger charge is 2.11. The third kappa shape index (κ3) is 8.09. The van der Waals surface area contributed by atoms with Gasteiger partial charge in [0.2, 0.25) is 5.91 Å². The molecule has 7 heteroatoms. The van der Waals surface area contributed by atoms with E-state index in [1.165, 1.54) is 4.88 Å². The van der Waals surface area contributed by atoms with Gasteiger partial charge < -0.3 is 10.4 Å². The summed E-state index contributed by atoms with van der Waals surface area (Å²) in [6.45, 7) is 1.87. The Morgan fingerprint density at radius 3 is 2.62 bits per heavy atom. The molecule has 0 aromatic carbocycles. The quantitative estimate of drug-likeness (QED) is 0.641. The molecule has 1 aromatic heterocycles. The number of amides is 3. The Hall–Kier alpha value is -1.89. The lowest BCUT2D eigenvalue weighted by Crippen LogP contribution is -2.44. The first-order valence-corrected chi connectivity index (χ1v) is 7.70. The Morgan fingerprint density at radius 2 is 2.00 bits per heavy atom. The number of urea groups is 1. The van der Waals surface area contributed by atoms with Crippen LogP contribution < -0.4 is 10.6 Å². The van der Waals surface area contributed by atoms with Crippen LogP contribution in [0.25, 0.3) is 0 Å². The number of carboxylic acid groups (broad SMARTS) is 1. The predicted molar refractivity (Wildman–Crippen MR) is 80.3 cm³/mol. The summed E-state index contributed by atoms with van der Waals surface area (Å²) >= 11 is 1.62. The first-order chi connectivity index (χ1) is 9.97. The van der Waals surface area contributed by atoms with Gasteiger partial charge in [-0.25, -0.2) is 4.79 Å². The zero-order valence-electron chi connectivity index (χ0n) is 11.9. The maximum atomic E-state index is 11.6. The van der Waals surface area contributed by atoms with Gasteiger partial charge in [0.1, 0.15) is 0 Å². The van der Waals surface area contributed by atoms with Crippen LogP contribution in [0, 0.1) is 0 Å². The molecule has 0 saturated carbocycles. The summed E-state index contributed by atoms with van der Waals surface area (Å²) < 4.78 is 0. The summed E-state index contributed by atoms with van der Waals surface area (Å²) in [5, 5.41) is 15.4. The van der Waals surface area contributed by atoms with Crippen LogP contribution in [0.4, 0.5) is 4.79 Å². The van der Waals surface area contributed by atoms with E-state index in [9.17, 15) is 14.4 Å². The van der Waals surface area contributed by atoms with Crippen LogP contribution in [0.5, 0.6) is 0 Å². The second kappa shape index (κ2) is 9.12. The fourth-order valence-corrected chi connectivity index (χ4v) is 2.63. The Morgan fingerprint density at radius 1 is 1.29 bits per heavy atom. The molecule has 1 heterocycles. The van der Waals surface area contributed by atoms with Crippen molar-refractivity contribution in [1.29, 1.82) is 0 Å². The van der Waals surface area contributed by atoms with E-state index in [-0.39, 0.29) is 24.8 Å². The molecule has 0 saturated heterocycles. The highest BCUT2D eigenvalue weighted by Crippen LogP contribution is 2.10. The van der Waals surface area contributed by atoms with Gasteiger partial charge in [0.15, 0.2) is 0 Å². The second-order valence-electron chi connectivity index (χ2n) is 4.81. The number of unbranched alkanes of at least 4 members (excludes halogenated alkanes) is 1. The lowest BCUT2D eigenvalue weighted by atomic mass is 10.2. The van der Waals surface area contributed by atoms with E-state index in [1.54, 1.807) is 11.3 Å². The van der Waals surface area contributed by atoms with E-state index in [0.29, 0.717) is 12.8 Å². The van der Waals surface area contributed by atoms with Crippen molar-refractivity contribution in [2.45, 2.75) is 45.1 Å². The lowest BCUT2D eigenvalue weighted by molar-refractivity contribution is -0.137. The Labute approximate surface area is 127 Å². The van der Waals surface area contributed by atoms with Gasteiger partial charge in [-0.15, -0.1) is 11.3 Å². The average Bonchev–Trinajstić information content (AvgIpc) is 2.86. The van der Waals surface area contributed by atoms with E-state index in [1.807, 2.05) is 24.4 Å². The molecule has 0 radical (unpaired) electrons. The van der Waals surface area contributed by atoms with Gasteiger partial charge in [0.05, 0.1) is 0 Å². The van der Waals surface area contributed by atoms with Crippen molar-refractivity contribution in [2.24, 2.45) is 0 Å². The van der Waals surface area contributed by atoms with Gasteiger partial charge in [0, 0.05) is 30.2 Å². The molecule has 1 atom stereocenters. The molecule has 116 valence electrons. The zero-order chi connectivity index (χ0) is 15.7. The van der Waals surface area contributed by atoms with E-state index >= 15 is 0 Å². The number of imide groups is 1. The minimum atomic E-state index is -0.879. The molecule has 0 spiro atoms. The molecular weight excluding hydrogens is 292 g/mol. The number of nitrogens with one attached hydrogen (secondary N) is 2. The van der Waals surface area contributed by atoms with Crippen LogP contribution in [0.1, 0.15) is 37.5 Å². The predicted octanol–water partition coefficient (Wildman–Crippen LogP) is 2.15. The van der Waals surface area contributed by atoms with Crippen molar-refractivity contribution in [3.05, 3.63) is 22.4 Å². The number of thiophene rings is 1. The van der Waals surface area contributed by atoms with Crippen LogP contribution in [-0.2, 0) is 16.0 Å². The second-order valence-corrected chi connectivity index (χ2v) is 5.84. The minimum Gasteiger partial charge on any atom is -0.481 e. The molecule has 3 amide bonds. The summed E-state index contributed by atoms with van der Waals surface area (Å²) in [6.07, 6.45) is 1.80. The molecule has 1 unspecified atom stereocenters. The van der Waals surface area contributed by atoms with Crippen molar-refractivity contribution in [2.75, 3.05) is 0 Å². The van der Waals surface area contributed by atoms with E-state index in [4.69, 9.17) is 5.11 Å². The Bertz CT molecular complexity index is 473. The number of hydrogen-bond donors (Lipinski definition) is 3. The number of carbonyl (C=O) groups excluding carboxylic acids is 2. The van der Waals surface area contributed by atoms with Crippen LogP contribution in [-0.4, -0.2) is 29.1 Å². The fraction of sp³-hybridized carbons (Fsp3) is 0.500. The summed E-state index contributed by atoms with van der Waals surface area (Å²) in [6, 6.07) is 3.37. The largest absolute Gasteiger partial charge is 0.481 e. The number of carboxylic acids is 1. The molecule has 6 nitrogen and oxygen atoms in total. The summed E-state index contributed by atoms with van der Waals surface area (Å²) in [4.78, 5) is 34.6. The third-order valence-corrected chi connectivity index (χ3v) is 3.66. The highest BCUT2D eigenvalue weighted by atomic mass is 32.1. The fourth-order valence-electron chi connectivity index (χ4n) is 1.79. The molecule has 0 aliphatic rings. The summed E-state index contributed by atoms with van der Waals surface area (Å²) in [5.41, 5.74) is 0. The van der Waals surface area contributed by atoms with Crippen LogP contribution in [0.15, 0.2) is 17.5 Å². The van der Waals surface area contributed by atoms with Gasteiger partial charge in [-0.3, -0.25) is 14.9 Å². The van der Waals surface area contributed by atoms with Crippen molar-refractivity contribution in [3.8, 4) is 0 Å². The van der Waals surface area contributed by atoms with E-state index in [2.05, 4.69) is 10.6 Å². The van der Waals surface area contributed by atoms with Gasteiger partial charge in [-0.05, 0) is 31.2 Å². The van der Waals surface area contributed by atoms with Crippen molar-refractivity contribution in [1.82, 2.24) is 10.6 Å². The van der Waals surface area contributed by atoms with Crippen LogP contribution in [0.2, 0.25) is 0 Å². The Kier molecular flexibility index (Phi) is 7.45. The van der Waals surface area contributed by atoms with E-state index in [0.717, 1.165) is 6.42 Å². The molecule has 1 rings (SSSR count). The summed E-state index contributed by atoms with van der Waals surface area (Å²) in [5.74, 6) is -1.27. The van der Waals surface area contributed by atoms with Crippen LogP contribution in [0.3, 0.4) is 0 Å². The first-order valence-electron chi connectivity index (χ1n) is 6.82. The van der Waals surface area contributed by atoms with Gasteiger partial charge in [-0.2, -0.15) is 0 Å². The molecule has 21 heavy (non-hydrogen) atoms. The van der Waals surface area contributed by atoms with Gasteiger partial charge >= 0.3 is 12.0 Å². The van der Waals surface area contributed by atoms with Gasteiger partial charge in [0.25, 0.3) is 0 Å². The van der Waals surface area contributed by atoms with Crippen LogP contribution >= 0.6 is 11.3 Å². The molecular formula is C14H20N2O4S. The average molecular weight is 312 g/mol. The monoisotopic (exact) mass is 312 g/mol. The molecule has 1 aromatic rings. The zero-order valence-corrected chi connectivity index (χ0v) is 12.7. The maximum absolute atomic E-state index is 11.6. The SMILES string of the molecule is CC(Cc1cccs1)NC(=O)NC(=O)CCCCC(=O)O. The smallest absolute Gasteiger partial charge is 0.321 e. The number of rotatable bonds is 8. The van der Waals surface area contributed by atoms with E-state index < -0.39 is 12.0 Å². The standard InChI is InChI=1S/C14H20N2O4S/c1-10(9-11-5-4-8-21-11)15-14(20)16-12(17)6-2-3-7-13(18)19/h4-5,8,10H,2-3,6-7,9H2,1H3,(H,18,19)(H2,15,16,17,20). The third-order valence-electron chi connectivity index (χ3n) is 2.76. The maximum Gasteiger partial charge on any atom is 0.321 e. The summed E-state index contributed by atoms with van der Waals surface area (Å²) in [7, 11) is 0. The number of hydrogen-bond acceptors (Lipinski definition) is 4. The first kappa shape index (κ1) is 17.2. The van der Waals surface area contributed by atoms with Gasteiger partial charge in [-0.1, -0.05) is 6.07 Å². The minimum absolute atomic E-state index is 0.0390. The molecule has 0 bridgehead atoms. The molecule has 0 fully saturated rings. The number of aliphatic carboxylic acids is 1.